The number of nitro benzene ring substituents is 1. The van der Waals surface area contributed by atoms with Crippen LogP contribution in [-0.4, -0.2) is 54.7 Å². The number of hydrogen-bond donors (Lipinski definition) is 3. The minimum atomic E-state index is -0.460. The van der Waals surface area contributed by atoms with Gasteiger partial charge in [0.2, 0.25) is 0 Å². The number of hydrogen-bond acceptors (Lipinski definition) is 10. The van der Waals surface area contributed by atoms with Crippen LogP contribution in [0.2, 0.25) is 0 Å². The van der Waals surface area contributed by atoms with E-state index in [1.54, 1.807) is 24.3 Å². The first-order valence-corrected chi connectivity index (χ1v) is 18.3. The molecule has 11 heteroatoms. The maximum absolute atomic E-state index is 11.1. The first-order chi connectivity index (χ1) is 24.4. The van der Waals surface area contributed by atoms with E-state index in [1.165, 1.54) is 94.9 Å². The Balaban J connectivity index is 1.83. The van der Waals surface area contributed by atoms with Crippen molar-refractivity contribution in [3.63, 3.8) is 0 Å². The fourth-order valence-electron chi connectivity index (χ4n) is 5.69. The molecule has 0 atom stereocenters. The van der Waals surface area contributed by atoms with E-state index < -0.39 is 4.92 Å². The Morgan fingerprint density at radius 1 is 0.720 bits per heavy atom. The standard InChI is InChI=1S/C39H57N5O6/c1-4-6-8-10-12-14-22-43(23-15-13-11-9-7-5-2)34-20-21-35(31(3)28-34)41-42-37-30-38(49-26-24-45)36(29-39(37)50-27-25-46)40-32-16-18-33(19-17-32)44(47)48/h16-21,28-30,40,45-46H,4-15,22-27H2,1-3H3/b42-41+. The molecule has 0 aliphatic rings. The fourth-order valence-corrected chi connectivity index (χ4v) is 5.69. The topological polar surface area (TPSA) is 142 Å². The number of unbranched alkanes of at least 4 members (excludes halogenated alkanes) is 10. The van der Waals surface area contributed by atoms with Crippen LogP contribution in [0.1, 0.15) is 96.5 Å². The molecule has 274 valence electrons. The van der Waals surface area contributed by atoms with Crippen LogP contribution in [0.3, 0.4) is 0 Å². The highest BCUT2D eigenvalue weighted by Gasteiger charge is 2.15. The molecule has 0 aliphatic carbocycles. The summed E-state index contributed by atoms with van der Waals surface area (Å²) >= 11 is 0. The van der Waals surface area contributed by atoms with E-state index in [0.717, 1.165) is 24.3 Å². The number of benzene rings is 3. The number of non-ortho nitro benzene ring substituents is 1. The van der Waals surface area contributed by atoms with E-state index in [1.807, 2.05) is 13.0 Å². The van der Waals surface area contributed by atoms with Gasteiger partial charge in [0.05, 0.1) is 29.5 Å². The number of ether oxygens (including phenoxy) is 2. The second kappa shape index (κ2) is 23.2. The van der Waals surface area contributed by atoms with Gasteiger partial charge in [-0.3, -0.25) is 10.1 Å². The maximum atomic E-state index is 11.1. The molecule has 0 aromatic heterocycles. The quantitative estimate of drug-likeness (QED) is 0.0327. The van der Waals surface area contributed by atoms with Gasteiger partial charge in [0.15, 0.2) is 0 Å². The largest absolute Gasteiger partial charge is 0.489 e. The van der Waals surface area contributed by atoms with E-state index in [-0.39, 0.29) is 32.1 Å². The molecular weight excluding hydrogens is 634 g/mol. The molecular formula is C39H57N5O6. The summed E-state index contributed by atoms with van der Waals surface area (Å²) in [6.45, 7) is 8.32. The summed E-state index contributed by atoms with van der Waals surface area (Å²) in [6.07, 6.45) is 15.2. The highest BCUT2D eigenvalue weighted by Crippen LogP contribution is 2.41. The molecule has 0 radical (unpaired) electrons. The zero-order valence-electron chi connectivity index (χ0n) is 30.2. The summed E-state index contributed by atoms with van der Waals surface area (Å²) in [5, 5.41) is 42.3. The summed E-state index contributed by atoms with van der Waals surface area (Å²) in [4.78, 5) is 13.2. The van der Waals surface area contributed by atoms with Crippen molar-refractivity contribution in [2.75, 3.05) is 49.7 Å². The van der Waals surface area contributed by atoms with Gasteiger partial charge in [0.25, 0.3) is 5.69 Å². The molecule has 0 aliphatic heterocycles. The highest BCUT2D eigenvalue weighted by atomic mass is 16.6. The predicted molar refractivity (Wildman–Crippen MR) is 202 cm³/mol. The molecule has 0 unspecified atom stereocenters. The number of aryl methyl sites for hydroxylation is 1. The molecule has 0 heterocycles. The monoisotopic (exact) mass is 691 g/mol. The molecule has 0 saturated carbocycles. The number of azo groups is 1. The van der Waals surface area contributed by atoms with Crippen LogP contribution in [0.5, 0.6) is 11.5 Å². The number of rotatable bonds is 26. The molecule has 3 aromatic rings. The number of nitro groups is 1. The molecule has 50 heavy (non-hydrogen) atoms. The normalized spacial score (nSPS) is 11.2. The van der Waals surface area contributed by atoms with Crippen LogP contribution in [0, 0.1) is 17.0 Å². The average molecular weight is 692 g/mol. The molecule has 0 amide bonds. The van der Waals surface area contributed by atoms with Crippen molar-refractivity contribution in [3.8, 4) is 11.5 Å². The summed E-state index contributed by atoms with van der Waals surface area (Å²) in [7, 11) is 0. The number of aliphatic hydroxyl groups excluding tert-OH is 2. The second-order valence-corrected chi connectivity index (χ2v) is 12.6. The molecule has 0 saturated heterocycles. The summed E-state index contributed by atoms with van der Waals surface area (Å²) in [5.41, 5.74) is 4.38. The van der Waals surface area contributed by atoms with Crippen molar-refractivity contribution < 1.29 is 24.6 Å². The van der Waals surface area contributed by atoms with E-state index in [2.05, 4.69) is 46.4 Å². The Morgan fingerprint density at radius 3 is 1.84 bits per heavy atom. The highest BCUT2D eigenvalue weighted by molar-refractivity contribution is 5.74. The Hall–Kier alpha value is -4.22. The zero-order chi connectivity index (χ0) is 36.0. The van der Waals surface area contributed by atoms with E-state index in [0.29, 0.717) is 28.6 Å². The van der Waals surface area contributed by atoms with Crippen molar-refractivity contribution >= 4 is 34.1 Å². The van der Waals surface area contributed by atoms with Crippen molar-refractivity contribution in [1.29, 1.82) is 0 Å². The van der Waals surface area contributed by atoms with Crippen molar-refractivity contribution in [2.45, 2.75) is 97.8 Å². The Morgan fingerprint density at radius 2 is 1.28 bits per heavy atom. The van der Waals surface area contributed by atoms with Crippen LogP contribution >= 0.6 is 0 Å². The predicted octanol–water partition coefficient (Wildman–Crippen LogP) is 10.3. The van der Waals surface area contributed by atoms with E-state index in [9.17, 15) is 20.3 Å². The summed E-state index contributed by atoms with van der Waals surface area (Å²) < 4.78 is 11.7. The molecule has 11 nitrogen and oxygen atoms in total. The van der Waals surface area contributed by atoms with Crippen LogP contribution in [-0.2, 0) is 0 Å². The third-order valence-electron chi connectivity index (χ3n) is 8.49. The Kier molecular flexibility index (Phi) is 18.7. The number of anilines is 3. The van der Waals surface area contributed by atoms with Gasteiger partial charge in [-0.1, -0.05) is 78.1 Å². The third-order valence-corrected chi connectivity index (χ3v) is 8.49. The molecule has 3 aromatic carbocycles. The lowest BCUT2D eigenvalue weighted by molar-refractivity contribution is -0.384. The Bertz CT molecular complexity index is 1430. The lowest BCUT2D eigenvalue weighted by atomic mass is 10.1. The zero-order valence-corrected chi connectivity index (χ0v) is 30.2. The smallest absolute Gasteiger partial charge is 0.269 e. The van der Waals surface area contributed by atoms with Gasteiger partial charge < -0.3 is 29.9 Å². The SMILES string of the molecule is CCCCCCCCN(CCCCCCCC)c1ccc(/N=N/c2cc(OCCO)c(Nc3ccc([N+](=O)[O-])cc3)cc2OCCO)c(C)c1. The van der Waals surface area contributed by atoms with Crippen molar-refractivity contribution in [1.82, 2.24) is 0 Å². The molecule has 3 N–H and O–H groups in total. The molecule has 0 fully saturated rings. The third kappa shape index (κ3) is 14.0. The summed E-state index contributed by atoms with van der Waals surface area (Å²) in [5.74, 6) is 0.747. The molecule has 3 rings (SSSR count). The number of aliphatic hydroxyl groups is 2. The average Bonchev–Trinajstić information content (AvgIpc) is 3.12. The minimum Gasteiger partial charge on any atom is -0.489 e. The summed E-state index contributed by atoms with van der Waals surface area (Å²) in [6, 6.07) is 15.6. The van der Waals surface area contributed by atoms with Crippen LogP contribution in [0.25, 0.3) is 0 Å². The first kappa shape index (κ1) is 40.2. The van der Waals surface area contributed by atoms with Crippen molar-refractivity contribution in [2.24, 2.45) is 10.2 Å². The maximum Gasteiger partial charge on any atom is 0.269 e. The minimum absolute atomic E-state index is 0.0262. The van der Waals surface area contributed by atoms with Gasteiger partial charge in [-0.05, 0) is 55.7 Å². The molecule has 0 spiro atoms. The molecule has 0 bridgehead atoms. The van der Waals surface area contributed by atoms with Gasteiger partial charge in [0.1, 0.15) is 30.4 Å². The first-order valence-electron chi connectivity index (χ1n) is 18.3. The number of nitrogens with zero attached hydrogens (tertiary/aromatic N) is 4. The van der Waals surface area contributed by atoms with Gasteiger partial charge in [-0.2, -0.15) is 5.11 Å². The van der Waals surface area contributed by atoms with Gasteiger partial charge in [0, 0.05) is 48.7 Å². The number of nitrogens with one attached hydrogen (secondary N) is 1. The van der Waals surface area contributed by atoms with Gasteiger partial charge in [-0.25, -0.2) is 0 Å². The van der Waals surface area contributed by atoms with Gasteiger partial charge in [-0.15, -0.1) is 5.11 Å². The van der Waals surface area contributed by atoms with Gasteiger partial charge >= 0.3 is 0 Å². The lowest BCUT2D eigenvalue weighted by Crippen LogP contribution is -2.25. The van der Waals surface area contributed by atoms with E-state index in [4.69, 9.17) is 9.47 Å². The lowest BCUT2D eigenvalue weighted by Gasteiger charge is -2.26. The fraction of sp³-hybridized carbons (Fsp3) is 0.538. The van der Waals surface area contributed by atoms with E-state index >= 15 is 0 Å². The van der Waals surface area contributed by atoms with Crippen molar-refractivity contribution in [3.05, 3.63) is 70.3 Å². The Labute approximate surface area is 297 Å². The second-order valence-electron chi connectivity index (χ2n) is 12.6. The van der Waals surface area contributed by atoms with Crippen LogP contribution < -0.4 is 19.7 Å². The van der Waals surface area contributed by atoms with Crippen LogP contribution in [0.15, 0.2) is 64.8 Å². The van der Waals surface area contributed by atoms with Crippen LogP contribution in [0.4, 0.5) is 34.1 Å².